The van der Waals surface area contributed by atoms with E-state index in [2.05, 4.69) is 10.6 Å². The van der Waals surface area contributed by atoms with Crippen LogP contribution in [0.2, 0.25) is 5.02 Å². The van der Waals surface area contributed by atoms with Crippen LogP contribution >= 0.6 is 23.4 Å². The van der Waals surface area contributed by atoms with Crippen molar-refractivity contribution >= 4 is 41.3 Å². The third-order valence-corrected chi connectivity index (χ3v) is 5.13. The second-order valence-electron chi connectivity index (χ2n) is 5.72. The van der Waals surface area contributed by atoms with Crippen molar-refractivity contribution in [2.75, 3.05) is 18.9 Å². The fourth-order valence-electron chi connectivity index (χ4n) is 2.36. The van der Waals surface area contributed by atoms with Crippen LogP contribution in [0, 0.1) is 0 Å². The van der Waals surface area contributed by atoms with E-state index < -0.39 is 24.5 Å². The number of urea groups is 1. The van der Waals surface area contributed by atoms with Gasteiger partial charge in [0.1, 0.15) is 0 Å². The average Bonchev–Trinajstić information content (AvgIpc) is 2.69. The smallest absolute Gasteiger partial charge is 0.321 e. The van der Waals surface area contributed by atoms with Gasteiger partial charge in [-0.3, -0.25) is 14.9 Å². The normalized spacial score (nSPS) is 11.4. The third-order valence-electron chi connectivity index (χ3n) is 3.60. The maximum absolute atomic E-state index is 12.0. The molecule has 0 aliphatic rings. The fourth-order valence-corrected chi connectivity index (χ4v) is 3.57. The summed E-state index contributed by atoms with van der Waals surface area (Å²) in [6, 6.07) is 16.6. The Bertz CT molecular complexity index is 800. The van der Waals surface area contributed by atoms with Crippen LogP contribution in [-0.2, 0) is 14.3 Å². The molecule has 0 bridgehead atoms. The van der Waals surface area contributed by atoms with Gasteiger partial charge in [-0.25, -0.2) is 4.79 Å². The summed E-state index contributed by atoms with van der Waals surface area (Å²) in [5.41, 5.74) is 2.04. The topological polar surface area (TPSA) is 84.5 Å². The standard InChI is InChI=1S/C20H21ClN2O4S/c1-2-22-20(26)23-17(24)12-27-18(25)13-28-19(14-6-4-3-5-7-14)15-8-10-16(21)11-9-15/h3-11,19H,2,12-13H2,1H3,(H2,22,23,24,26)/t19-/m0/s1. The third kappa shape index (κ3) is 7.25. The van der Waals surface area contributed by atoms with Gasteiger partial charge in [0.05, 0.1) is 11.0 Å². The first-order chi connectivity index (χ1) is 13.5. The van der Waals surface area contributed by atoms with Crippen molar-refractivity contribution < 1.29 is 19.1 Å². The van der Waals surface area contributed by atoms with Crippen molar-refractivity contribution in [2.45, 2.75) is 12.2 Å². The molecule has 8 heteroatoms. The minimum atomic E-state index is -0.679. The number of ether oxygens (including phenoxy) is 1. The van der Waals surface area contributed by atoms with Crippen molar-refractivity contribution in [3.05, 3.63) is 70.7 Å². The highest BCUT2D eigenvalue weighted by Crippen LogP contribution is 2.36. The van der Waals surface area contributed by atoms with Crippen LogP contribution < -0.4 is 10.6 Å². The van der Waals surface area contributed by atoms with E-state index in [-0.39, 0.29) is 11.0 Å². The van der Waals surface area contributed by atoms with E-state index in [1.807, 2.05) is 42.5 Å². The number of amides is 3. The molecule has 2 N–H and O–H groups in total. The molecule has 0 aliphatic carbocycles. The van der Waals surface area contributed by atoms with Crippen LogP contribution in [0.5, 0.6) is 0 Å². The van der Waals surface area contributed by atoms with Crippen LogP contribution in [0.4, 0.5) is 4.79 Å². The molecule has 28 heavy (non-hydrogen) atoms. The van der Waals surface area contributed by atoms with Gasteiger partial charge in [0.25, 0.3) is 5.91 Å². The van der Waals surface area contributed by atoms with Gasteiger partial charge in [-0.15, -0.1) is 11.8 Å². The van der Waals surface area contributed by atoms with E-state index in [4.69, 9.17) is 16.3 Å². The number of benzene rings is 2. The highest BCUT2D eigenvalue weighted by atomic mass is 35.5. The van der Waals surface area contributed by atoms with Gasteiger partial charge in [-0.05, 0) is 30.2 Å². The lowest BCUT2D eigenvalue weighted by Gasteiger charge is -2.17. The number of imide groups is 1. The summed E-state index contributed by atoms with van der Waals surface area (Å²) in [5.74, 6) is -1.16. The zero-order valence-electron chi connectivity index (χ0n) is 15.3. The molecule has 2 rings (SSSR count). The Morgan fingerprint density at radius 3 is 2.32 bits per heavy atom. The molecule has 2 aromatic rings. The number of halogens is 1. The Labute approximate surface area is 173 Å². The molecule has 6 nitrogen and oxygen atoms in total. The number of carbonyl (C=O) groups excluding carboxylic acids is 3. The number of nitrogens with one attached hydrogen (secondary N) is 2. The van der Waals surface area contributed by atoms with Crippen molar-refractivity contribution in [1.82, 2.24) is 10.6 Å². The van der Waals surface area contributed by atoms with Crippen molar-refractivity contribution in [3.8, 4) is 0 Å². The number of rotatable bonds is 8. The number of thioether (sulfide) groups is 1. The van der Waals surface area contributed by atoms with Crippen molar-refractivity contribution in [3.63, 3.8) is 0 Å². The molecule has 148 valence electrons. The Morgan fingerprint density at radius 1 is 1.04 bits per heavy atom. The summed E-state index contributed by atoms with van der Waals surface area (Å²) in [5, 5.41) is 5.04. The summed E-state index contributed by atoms with van der Waals surface area (Å²) in [6.07, 6.45) is 0. The van der Waals surface area contributed by atoms with E-state index in [0.29, 0.717) is 11.6 Å². The van der Waals surface area contributed by atoms with Crippen LogP contribution in [0.3, 0.4) is 0 Å². The average molecular weight is 421 g/mol. The fraction of sp³-hybridized carbons (Fsp3) is 0.250. The summed E-state index contributed by atoms with van der Waals surface area (Å²) in [4.78, 5) is 34.9. The van der Waals surface area contributed by atoms with E-state index in [9.17, 15) is 14.4 Å². The van der Waals surface area contributed by atoms with Crippen molar-refractivity contribution in [1.29, 1.82) is 0 Å². The molecular formula is C20H21ClN2O4S. The molecule has 0 heterocycles. The van der Waals surface area contributed by atoms with E-state index in [1.54, 1.807) is 19.1 Å². The van der Waals surface area contributed by atoms with E-state index >= 15 is 0 Å². The lowest BCUT2D eigenvalue weighted by atomic mass is 10.0. The minimum absolute atomic E-state index is 0.0522. The molecular weight excluding hydrogens is 400 g/mol. The minimum Gasteiger partial charge on any atom is -0.455 e. The van der Waals surface area contributed by atoms with Gasteiger partial charge in [0.2, 0.25) is 0 Å². The maximum Gasteiger partial charge on any atom is 0.321 e. The summed E-state index contributed by atoms with van der Waals surface area (Å²) in [7, 11) is 0. The number of hydrogen-bond donors (Lipinski definition) is 2. The zero-order valence-corrected chi connectivity index (χ0v) is 16.9. The molecule has 0 fully saturated rings. The molecule has 0 unspecified atom stereocenters. The lowest BCUT2D eigenvalue weighted by Crippen LogP contribution is -2.41. The predicted molar refractivity (Wildman–Crippen MR) is 110 cm³/mol. The van der Waals surface area contributed by atoms with E-state index in [1.165, 1.54) is 11.8 Å². The largest absolute Gasteiger partial charge is 0.455 e. The molecule has 1 atom stereocenters. The SMILES string of the molecule is CCNC(=O)NC(=O)COC(=O)CS[C@@H](c1ccccc1)c1ccc(Cl)cc1. The van der Waals surface area contributed by atoms with Crippen LogP contribution in [0.25, 0.3) is 0 Å². The van der Waals surface area contributed by atoms with Gasteiger partial charge in [-0.2, -0.15) is 0 Å². The summed E-state index contributed by atoms with van der Waals surface area (Å²) < 4.78 is 4.95. The molecule has 2 aromatic carbocycles. The van der Waals surface area contributed by atoms with Gasteiger partial charge >= 0.3 is 12.0 Å². The van der Waals surface area contributed by atoms with Crippen LogP contribution in [-0.4, -0.2) is 36.8 Å². The molecule has 0 saturated heterocycles. The first-order valence-electron chi connectivity index (χ1n) is 8.65. The van der Waals surface area contributed by atoms with Gasteiger partial charge in [0.15, 0.2) is 6.61 Å². The number of esters is 1. The first kappa shape index (κ1) is 21.8. The summed E-state index contributed by atoms with van der Waals surface area (Å²) >= 11 is 7.36. The van der Waals surface area contributed by atoms with E-state index in [0.717, 1.165) is 11.1 Å². The second-order valence-corrected chi connectivity index (χ2v) is 7.25. The number of carbonyl (C=O) groups is 3. The van der Waals surface area contributed by atoms with Gasteiger partial charge in [0, 0.05) is 11.6 Å². The molecule has 0 aromatic heterocycles. The molecule has 0 radical (unpaired) electrons. The first-order valence-corrected chi connectivity index (χ1v) is 10.1. The number of hydrogen-bond acceptors (Lipinski definition) is 5. The summed E-state index contributed by atoms with van der Waals surface area (Å²) in [6.45, 7) is 1.61. The quantitative estimate of drug-likeness (QED) is 0.638. The van der Waals surface area contributed by atoms with Gasteiger partial charge < -0.3 is 10.1 Å². The second kappa shape index (κ2) is 11.4. The van der Waals surface area contributed by atoms with Crippen LogP contribution in [0.1, 0.15) is 23.3 Å². The highest BCUT2D eigenvalue weighted by Gasteiger charge is 2.18. The molecule has 0 spiro atoms. The zero-order chi connectivity index (χ0) is 20.4. The highest BCUT2D eigenvalue weighted by molar-refractivity contribution is 8.00. The molecule has 3 amide bonds. The Hall–Kier alpha value is -2.51. The maximum atomic E-state index is 12.0. The van der Waals surface area contributed by atoms with Crippen molar-refractivity contribution in [2.24, 2.45) is 0 Å². The molecule has 0 saturated carbocycles. The predicted octanol–water partition coefficient (Wildman–Crippen LogP) is 3.55. The Morgan fingerprint density at radius 2 is 1.68 bits per heavy atom. The van der Waals surface area contributed by atoms with Gasteiger partial charge in [-0.1, -0.05) is 54.1 Å². The monoisotopic (exact) mass is 420 g/mol. The Kier molecular flexibility index (Phi) is 8.84. The van der Waals surface area contributed by atoms with Crippen LogP contribution in [0.15, 0.2) is 54.6 Å². The lowest BCUT2D eigenvalue weighted by molar-refractivity contribution is -0.145. The Balaban J connectivity index is 1.92. The molecule has 0 aliphatic heterocycles.